The molecule has 0 fully saturated rings. The minimum atomic E-state index is -0.327. The summed E-state index contributed by atoms with van der Waals surface area (Å²) in [7, 11) is 0. The third kappa shape index (κ3) is 3.50. The Kier molecular flexibility index (Phi) is 4.18. The molecule has 0 unspecified atom stereocenters. The summed E-state index contributed by atoms with van der Waals surface area (Å²) in [6.45, 7) is 0.404. The van der Waals surface area contributed by atoms with E-state index in [1.54, 1.807) is 53.5 Å². The molecule has 2 heterocycles. The number of hydrogen-bond donors (Lipinski definition) is 1. The normalized spacial score (nSPS) is 10.6. The monoisotopic (exact) mass is 335 g/mol. The molecule has 5 nitrogen and oxygen atoms in total. The van der Waals surface area contributed by atoms with Gasteiger partial charge in [-0.2, -0.15) is 5.10 Å². The van der Waals surface area contributed by atoms with Gasteiger partial charge in [0, 0.05) is 16.9 Å². The van der Waals surface area contributed by atoms with Crippen molar-refractivity contribution in [2.24, 2.45) is 0 Å². The Morgan fingerprint density at radius 1 is 1.14 bits per heavy atom. The lowest BCUT2D eigenvalue weighted by molar-refractivity contribution is 0.0994. The fourth-order valence-corrected chi connectivity index (χ4v) is 2.18. The van der Waals surface area contributed by atoms with E-state index in [1.807, 2.05) is 0 Å². The number of nitrogens with zero attached hydrogens (tertiary/aromatic N) is 2. The molecule has 1 aromatic carbocycles. The van der Waals surface area contributed by atoms with E-state index in [4.69, 9.17) is 27.6 Å². The molecule has 3 aromatic rings. The van der Waals surface area contributed by atoms with Crippen molar-refractivity contribution in [3.63, 3.8) is 0 Å². The standard InChI is InChI=1S/C15H11Cl2N3O2/c16-10-1-3-12(4-2-10)19-15(21)14-6-5-13(22-14)9-20-8-11(17)7-18-20/h1-8H,9H2,(H,19,21). The van der Waals surface area contributed by atoms with Gasteiger partial charge in [-0.1, -0.05) is 23.2 Å². The van der Waals surface area contributed by atoms with Crippen LogP contribution in [0.3, 0.4) is 0 Å². The molecule has 0 atom stereocenters. The topological polar surface area (TPSA) is 60.1 Å². The summed E-state index contributed by atoms with van der Waals surface area (Å²) in [6, 6.07) is 10.2. The quantitative estimate of drug-likeness (QED) is 0.781. The van der Waals surface area contributed by atoms with E-state index < -0.39 is 0 Å². The maximum atomic E-state index is 12.1. The predicted octanol–water partition coefficient (Wildman–Crippen LogP) is 4.08. The number of halogens is 2. The zero-order valence-corrected chi connectivity index (χ0v) is 12.8. The summed E-state index contributed by atoms with van der Waals surface area (Å²) in [6.07, 6.45) is 3.22. The van der Waals surface area contributed by atoms with Crippen LogP contribution in [0.1, 0.15) is 16.3 Å². The number of carbonyl (C=O) groups excluding carboxylic acids is 1. The van der Waals surface area contributed by atoms with Crippen LogP contribution < -0.4 is 5.32 Å². The van der Waals surface area contributed by atoms with E-state index >= 15 is 0 Å². The van der Waals surface area contributed by atoms with E-state index in [0.29, 0.717) is 28.0 Å². The predicted molar refractivity (Wildman–Crippen MR) is 84.5 cm³/mol. The maximum absolute atomic E-state index is 12.1. The first-order chi connectivity index (χ1) is 10.6. The summed E-state index contributed by atoms with van der Waals surface area (Å²) in [5.41, 5.74) is 0.645. The molecule has 1 amide bonds. The van der Waals surface area contributed by atoms with Gasteiger partial charge < -0.3 is 9.73 Å². The molecule has 2 aromatic heterocycles. The van der Waals surface area contributed by atoms with Crippen LogP contribution in [0.25, 0.3) is 0 Å². The van der Waals surface area contributed by atoms with E-state index in [9.17, 15) is 4.79 Å². The number of hydrogen-bond acceptors (Lipinski definition) is 3. The average Bonchev–Trinajstić information content (AvgIpc) is 3.11. The molecule has 0 aliphatic rings. The van der Waals surface area contributed by atoms with Gasteiger partial charge in [0.25, 0.3) is 5.91 Å². The number of rotatable bonds is 4. The van der Waals surface area contributed by atoms with Gasteiger partial charge in [0.2, 0.25) is 0 Å². The van der Waals surface area contributed by atoms with Gasteiger partial charge >= 0.3 is 0 Å². The smallest absolute Gasteiger partial charge is 0.291 e. The third-order valence-electron chi connectivity index (χ3n) is 2.91. The molecule has 0 aliphatic carbocycles. The van der Waals surface area contributed by atoms with Crippen molar-refractivity contribution in [1.82, 2.24) is 9.78 Å². The van der Waals surface area contributed by atoms with Crippen LogP contribution in [0, 0.1) is 0 Å². The first-order valence-electron chi connectivity index (χ1n) is 6.44. The maximum Gasteiger partial charge on any atom is 0.291 e. The highest BCUT2D eigenvalue weighted by molar-refractivity contribution is 6.30. The SMILES string of the molecule is O=C(Nc1ccc(Cl)cc1)c1ccc(Cn2cc(Cl)cn2)o1. The Morgan fingerprint density at radius 3 is 2.59 bits per heavy atom. The number of furan rings is 1. The molecule has 7 heteroatoms. The first kappa shape index (κ1) is 14.7. The highest BCUT2D eigenvalue weighted by Gasteiger charge is 2.12. The largest absolute Gasteiger partial charge is 0.454 e. The molecule has 3 rings (SSSR count). The van der Waals surface area contributed by atoms with Gasteiger partial charge in [0.05, 0.1) is 17.8 Å². The lowest BCUT2D eigenvalue weighted by atomic mass is 10.3. The average molecular weight is 336 g/mol. The van der Waals surface area contributed by atoms with Gasteiger partial charge in [-0.25, -0.2) is 0 Å². The van der Waals surface area contributed by atoms with E-state index in [1.165, 1.54) is 0 Å². The van der Waals surface area contributed by atoms with Crippen molar-refractivity contribution in [2.45, 2.75) is 6.54 Å². The van der Waals surface area contributed by atoms with Gasteiger partial charge in [-0.15, -0.1) is 0 Å². The summed E-state index contributed by atoms with van der Waals surface area (Å²) in [5.74, 6) is 0.510. The summed E-state index contributed by atoms with van der Waals surface area (Å²) < 4.78 is 7.14. The Balaban J connectivity index is 1.67. The fraction of sp³-hybridized carbons (Fsp3) is 0.0667. The number of nitrogens with one attached hydrogen (secondary N) is 1. The van der Waals surface area contributed by atoms with Crippen LogP contribution in [-0.4, -0.2) is 15.7 Å². The van der Waals surface area contributed by atoms with Crippen LogP contribution in [0.5, 0.6) is 0 Å². The van der Waals surface area contributed by atoms with Gasteiger partial charge in [-0.3, -0.25) is 9.48 Å². The van der Waals surface area contributed by atoms with Crippen molar-refractivity contribution < 1.29 is 9.21 Å². The number of aromatic nitrogens is 2. The molecule has 0 aliphatic heterocycles. The number of carbonyl (C=O) groups is 1. The molecular weight excluding hydrogens is 325 g/mol. The Bertz CT molecular complexity index is 793. The summed E-state index contributed by atoms with van der Waals surface area (Å²) in [4.78, 5) is 12.1. The molecule has 0 saturated carbocycles. The molecule has 1 N–H and O–H groups in total. The fourth-order valence-electron chi connectivity index (χ4n) is 1.90. The second kappa shape index (κ2) is 6.25. The molecule has 0 spiro atoms. The van der Waals surface area contributed by atoms with Crippen LogP contribution in [0.4, 0.5) is 5.69 Å². The third-order valence-corrected chi connectivity index (χ3v) is 3.35. The van der Waals surface area contributed by atoms with Crippen LogP contribution >= 0.6 is 23.2 Å². The van der Waals surface area contributed by atoms with Crippen molar-refractivity contribution in [3.8, 4) is 0 Å². The summed E-state index contributed by atoms with van der Waals surface area (Å²) >= 11 is 11.6. The van der Waals surface area contributed by atoms with Crippen molar-refractivity contribution in [2.75, 3.05) is 5.32 Å². The Morgan fingerprint density at radius 2 is 1.91 bits per heavy atom. The van der Waals surface area contributed by atoms with Crippen LogP contribution in [0.2, 0.25) is 10.0 Å². The van der Waals surface area contributed by atoms with Crippen molar-refractivity contribution in [3.05, 3.63) is 70.4 Å². The molecular formula is C15H11Cl2N3O2. The molecule has 22 heavy (non-hydrogen) atoms. The van der Waals surface area contributed by atoms with Crippen molar-refractivity contribution >= 4 is 34.8 Å². The van der Waals surface area contributed by atoms with Crippen molar-refractivity contribution in [1.29, 1.82) is 0 Å². The Labute approximate surface area is 136 Å². The highest BCUT2D eigenvalue weighted by Crippen LogP contribution is 2.16. The zero-order chi connectivity index (χ0) is 15.5. The first-order valence-corrected chi connectivity index (χ1v) is 7.19. The highest BCUT2D eigenvalue weighted by atomic mass is 35.5. The zero-order valence-electron chi connectivity index (χ0n) is 11.3. The van der Waals surface area contributed by atoms with Gasteiger partial charge in [0.1, 0.15) is 5.76 Å². The lowest BCUT2D eigenvalue weighted by Crippen LogP contribution is -2.10. The lowest BCUT2D eigenvalue weighted by Gasteiger charge is -2.03. The molecule has 0 radical (unpaired) electrons. The van der Waals surface area contributed by atoms with E-state index in [2.05, 4.69) is 10.4 Å². The van der Waals surface area contributed by atoms with Crippen LogP contribution in [0.15, 0.2) is 53.2 Å². The second-order valence-corrected chi connectivity index (χ2v) is 5.46. The minimum absolute atomic E-state index is 0.225. The number of benzene rings is 1. The summed E-state index contributed by atoms with van der Waals surface area (Å²) in [5, 5.41) is 7.94. The minimum Gasteiger partial charge on any atom is -0.454 e. The second-order valence-electron chi connectivity index (χ2n) is 4.58. The van der Waals surface area contributed by atoms with Crippen LogP contribution in [-0.2, 0) is 6.54 Å². The molecule has 112 valence electrons. The number of amides is 1. The molecule has 0 saturated heterocycles. The number of anilines is 1. The van der Waals surface area contributed by atoms with E-state index in [-0.39, 0.29) is 11.7 Å². The van der Waals surface area contributed by atoms with E-state index in [0.717, 1.165) is 0 Å². The van der Waals surface area contributed by atoms with Gasteiger partial charge in [0.15, 0.2) is 5.76 Å². The Hall–Kier alpha value is -2.24. The van der Waals surface area contributed by atoms with Gasteiger partial charge in [-0.05, 0) is 36.4 Å². The molecule has 0 bridgehead atoms.